The van der Waals surface area contributed by atoms with Gasteiger partial charge in [0.05, 0.1) is 10.7 Å². The molecule has 8 nitrogen and oxygen atoms in total. The minimum absolute atomic E-state index is 0.0221. The number of aryl methyl sites for hydroxylation is 1. The van der Waals surface area contributed by atoms with Gasteiger partial charge in [-0.25, -0.2) is 4.98 Å². The summed E-state index contributed by atoms with van der Waals surface area (Å²) in [5.74, 6) is 1.32. The Kier molecular flexibility index (Phi) is 3.88. The van der Waals surface area contributed by atoms with Crippen LogP contribution in [0.2, 0.25) is 0 Å². The van der Waals surface area contributed by atoms with Gasteiger partial charge < -0.3 is 8.98 Å². The number of benzene rings is 1. The van der Waals surface area contributed by atoms with Crippen molar-refractivity contribution >= 4 is 17.4 Å². The van der Waals surface area contributed by atoms with Gasteiger partial charge in [-0.05, 0) is 12.1 Å². The lowest BCUT2D eigenvalue weighted by Crippen LogP contribution is -1.89. The molecule has 0 aliphatic heterocycles. The van der Waals surface area contributed by atoms with Crippen molar-refractivity contribution in [1.82, 2.24) is 19.7 Å². The Balaban J connectivity index is 1.70. The summed E-state index contributed by atoms with van der Waals surface area (Å²) in [5.41, 5.74) is 0.667. The van der Waals surface area contributed by atoms with Crippen molar-refractivity contribution in [2.75, 3.05) is 0 Å². The predicted molar refractivity (Wildman–Crippen MR) is 79.2 cm³/mol. The zero-order valence-corrected chi connectivity index (χ0v) is 12.4. The highest BCUT2D eigenvalue weighted by Gasteiger charge is 2.12. The van der Waals surface area contributed by atoms with Gasteiger partial charge in [0.2, 0.25) is 11.8 Å². The fourth-order valence-electron chi connectivity index (χ4n) is 1.77. The molecule has 0 aliphatic rings. The number of nitro benzene ring substituents is 1. The van der Waals surface area contributed by atoms with Gasteiger partial charge in [0.15, 0.2) is 5.16 Å². The van der Waals surface area contributed by atoms with Gasteiger partial charge in [0.1, 0.15) is 0 Å². The number of thioether (sulfide) groups is 1. The minimum Gasteiger partial charge on any atom is -0.420 e. The Labute approximate surface area is 129 Å². The number of non-ortho nitro benzene ring substituents is 1. The topological polar surface area (TPSA) is 99.9 Å². The standard InChI is InChI=1S/C13H11N5O3S/c1-17-7-6-14-13(17)22-8-11-15-16-12(21-11)9-2-4-10(5-3-9)18(19)20/h2-7H,8H2,1H3. The van der Waals surface area contributed by atoms with E-state index >= 15 is 0 Å². The largest absolute Gasteiger partial charge is 0.420 e. The van der Waals surface area contributed by atoms with Crippen molar-refractivity contribution < 1.29 is 9.34 Å². The quantitative estimate of drug-likeness (QED) is 0.405. The second kappa shape index (κ2) is 5.98. The molecule has 0 radical (unpaired) electrons. The normalized spacial score (nSPS) is 10.8. The van der Waals surface area contributed by atoms with Crippen molar-refractivity contribution in [2.24, 2.45) is 7.05 Å². The van der Waals surface area contributed by atoms with E-state index in [1.165, 1.54) is 23.9 Å². The molecule has 0 spiro atoms. The summed E-state index contributed by atoms with van der Waals surface area (Å²) in [6, 6.07) is 5.98. The van der Waals surface area contributed by atoms with E-state index in [4.69, 9.17) is 4.42 Å². The van der Waals surface area contributed by atoms with Crippen LogP contribution in [0.1, 0.15) is 5.89 Å². The lowest BCUT2D eigenvalue weighted by Gasteiger charge is -1.98. The molecule has 112 valence electrons. The van der Waals surface area contributed by atoms with E-state index in [2.05, 4.69) is 15.2 Å². The lowest BCUT2D eigenvalue weighted by molar-refractivity contribution is -0.384. The van der Waals surface area contributed by atoms with Crippen LogP contribution in [0.4, 0.5) is 5.69 Å². The molecule has 0 saturated carbocycles. The molecule has 0 amide bonds. The average Bonchev–Trinajstić information content (AvgIpc) is 3.14. The first-order valence-electron chi connectivity index (χ1n) is 6.31. The fraction of sp³-hybridized carbons (Fsp3) is 0.154. The van der Waals surface area contributed by atoms with E-state index in [0.29, 0.717) is 23.1 Å². The summed E-state index contributed by atoms with van der Waals surface area (Å²) in [6.45, 7) is 0. The smallest absolute Gasteiger partial charge is 0.269 e. The third-order valence-corrected chi connectivity index (χ3v) is 3.94. The van der Waals surface area contributed by atoms with E-state index in [1.54, 1.807) is 18.3 Å². The van der Waals surface area contributed by atoms with Crippen molar-refractivity contribution in [3.05, 3.63) is 52.7 Å². The molecule has 0 bridgehead atoms. The summed E-state index contributed by atoms with van der Waals surface area (Å²) in [5, 5.41) is 19.4. The molecule has 3 rings (SSSR count). The van der Waals surface area contributed by atoms with Gasteiger partial charge in [0, 0.05) is 37.1 Å². The van der Waals surface area contributed by atoms with E-state index in [-0.39, 0.29) is 5.69 Å². The number of rotatable bonds is 5. The molecule has 22 heavy (non-hydrogen) atoms. The minimum atomic E-state index is -0.452. The molecular formula is C13H11N5O3S. The molecule has 0 saturated heterocycles. The van der Waals surface area contributed by atoms with Crippen LogP contribution >= 0.6 is 11.8 Å². The van der Waals surface area contributed by atoms with Crippen LogP contribution < -0.4 is 0 Å². The van der Waals surface area contributed by atoms with Gasteiger partial charge in [-0.2, -0.15) is 0 Å². The maximum Gasteiger partial charge on any atom is 0.269 e. The maximum atomic E-state index is 10.6. The number of imidazole rings is 1. The van der Waals surface area contributed by atoms with Gasteiger partial charge >= 0.3 is 0 Å². The van der Waals surface area contributed by atoms with Gasteiger partial charge in [-0.3, -0.25) is 10.1 Å². The highest BCUT2D eigenvalue weighted by Crippen LogP contribution is 2.24. The molecule has 9 heteroatoms. The number of aromatic nitrogens is 4. The first-order chi connectivity index (χ1) is 10.6. The zero-order chi connectivity index (χ0) is 15.5. The Morgan fingerprint density at radius 2 is 2.09 bits per heavy atom. The molecule has 1 aromatic carbocycles. The van der Waals surface area contributed by atoms with E-state index < -0.39 is 4.92 Å². The molecule has 2 aromatic heterocycles. The van der Waals surface area contributed by atoms with Crippen LogP contribution in [0, 0.1) is 10.1 Å². The van der Waals surface area contributed by atoms with Crippen LogP contribution in [-0.2, 0) is 12.8 Å². The molecule has 0 aliphatic carbocycles. The summed E-state index contributed by atoms with van der Waals surface area (Å²) >= 11 is 1.49. The SMILES string of the molecule is Cn1ccnc1SCc1nnc(-c2ccc([N+](=O)[O-])cc2)o1. The van der Waals surface area contributed by atoms with Crippen molar-refractivity contribution in [1.29, 1.82) is 0 Å². The second-order valence-corrected chi connectivity index (χ2v) is 5.36. The van der Waals surface area contributed by atoms with Crippen molar-refractivity contribution in [3.8, 4) is 11.5 Å². The van der Waals surface area contributed by atoms with E-state index in [1.807, 2.05) is 17.8 Å². The predicted octanol–water partition coefficient (Wildman–Crippen LogP) is 2.67. The summed E-state index contributed by atoms with van der Waals surface area (Å²) < 4.78 is 7.46. The molecule has 0 fully saturated rings. The first kappa shape index (κ1) is 14.3. The lowest BCUT2D eigenvalue weighted by atomic mass is 10.2. The van der Waals surface area contributed by atoms with Gasteiger partial charge in [0.25, 0.3) is 5.69 Å². The Morgan fingerprint density at radius 1 is 1.32 bits per heavy atom. The molecule has 0 atom stereocenters. The third kappa shape index (κ3) is 2.98. The maximum absolute atomic E-state index is 10.6. The molecular weight excluding hydrogens is 306 g/mol. The summed E-state index contributed by atoms with van der Waals surface area (Å²) in [6.07, 6.45) is 3.58. The van der Waals surface area contributed by atoms with Crippen LogP contribution in [0.3, 0.4) is 0 Å². The number of hydrogen-bond acceptors (Lipinski definition) is 7. The zero-order valence-electron chi connectivity index (χ0n) is 11.5. The molecule has 0 N–H and O–H groups in total. The van der Waals surface area contributed by atoms with Crippen molar-refractivity contribution in [3.63, 3.8) is 0 Å². The number of nitrogens with zero attached hydrogens (tertiary/aromatic N) is 5. The van der Waals surface area contributed by atoms with Crippen LogP contribution in [0.15, 0.2) is 46.2 Å². The van der Waals surface area contributed by atoms with Crippen LogP contribution in [-0.4, -0.2) is 24.7 Å². The Hall–Kier alpha value is -2.68. The third-order valence-electron chi connectivity index (χ3n) is 2.89. The van der Waals surface area contributed by atoms with Crippen LogP contribution in [0.5, 0.6) is 0 Å². The average molecular weight is 317 g/mol. The highest BCUT2D eigenvalue weighted by molar-refractivity contribution is 7.98. The Bertz CT molecular complexity index is 796. The summed E-state index contributed by atoms with van der Waals surface area (Å²) in [4.78, 5) is 14.4. The van der Waals surface area contributed by atoms with Gasteiger partial charge in [-0.1, -0.05) is 11.8 Å². The molecule has 0 unspecified atom stereocenters. The summed E-state index contributed by atoms with van der Waals surface area (Å²) in [7, 11) is 1.91. The molecule has 3 aromatic rings. The van der Waals surface area contributed by atoms with Gasteiger partial charge in [-0.15, -0.1) is 10.2 Å². The van der Waals surface area contributed by atoms with E-state index in [0.717, 1.165) is 5.16 Å². The molecule has 2 heterocycles. The number of hydrogen-bond donors (Lipinski definition) is 0. The Morgan fingerprint density at radius 3 is 2.73 bits per heavy atom. The highest BCUT2D eigenvalue weighted by atomic mass is 32.2. The van der Waals surface area contributed by atoms with E-state index in [9.17, 15) is 10.1 Å². The van der Waals surface area contributed by atoms with Crippen molar-refractivity contribution in [2.45, 2.75) is 10.9 Å². The fourth-order valence-corrected chi connectivity index (χ4v) is 2.54. The van der Waals surface area contributed by atoms with Crippen LogP contribution in [0.25, 0.3) is 11.5 Å². The monoisotopic (exact) mass is 317 g/mol. The second-order valence-electron chi connectivity index (χ2n) is 4.41. The number of nitro groups is 1. The first-order valence-corrected chi connectivity index (χ1v) is 7.29.